The summed E-state index contributed by atoms with van der Waals surface area (Å²) in [6.07, 6.45) is 0.184. The third-order valence-corrected chi connectivity index (χ3v) is 4.67. The van der Waals surface area contributed by atoms with Crippen LogP contribution < -0.4 is 4.90 Å². The van der Waals surface area contributed by atoms with Crippen LogP contribution in [-0.2, 0) is 11.3 Å². The molecule has 0 radical (unpaired) electrons. The fraction of sp³-hybridized carbons (Fsp3) is 0.235. The van der Waals surface area contributed by atoms with Crippen LogP contribution in [0.3, 0.4) is 0 Å². The van der Waals surface area contributed by atoms with Crippen molar-refractivity contribution >= 4 is 27.6 Å². The molecule has 1 atom stereocenters. The van der Waals surface area contributed by atoms with Crippen molar-refractivity contribution in [3.8, 4) is 0 Å². The SMILES string of the molecule is O=C(O)CC1CN(Cc2ccccc2Br)c2ccccc21. The third kappa shape index (κ3) is 2.95. The van der Waals surface area contributed by atoms with Crippen LogP contribution in [0, 0.1) is 0 Å². The zero-order valence-corrected chi connectivity index (χ0v) is 13.1. The highest BCUT2D eigenvalue weighted by Crippen LogP contribution is 2.39. The summed E-state index contributed by atoms with van der Waals surface area (Å²) >= 11 is 3.58. The molecule has 4 heteroatoms. The summed E-state index contributed by atoms with van der Waals surface area (Å²) in [5.41, 5.74) is 3.51. The van der Waals surface area contributed by atoms with E-state index in [1.54, 1.807) is 0 Å². The Balaban J connectivity index is 1.88. The van der Waals surface area contributed by atoms with Gasteiger partial charge >= 0.3 is 5.97 Å². The topological polar surface area (TPSA) is 40.5 Å². The summed E-state index contributed by atoms with van der Waals surface area (Å²) in [6.45, 7) is 1.54. The van der Waals surface area contributed by atoms with Crippen LogP contribution in [0.25, 0.3) is 0 Å². The zero-order valence-electron chi connectivity index (χ0n) is 11.5. The monoisotopic (exact) mass is 345 g/mol. The minimum Gasteiger partial charge on any atom is -0.481 e. The van der Waals surface area contributed by atoms with Gasteiger partial charge < -0.3 is 10.0 Å². The van der Waals surface area contributed by atoms with Gasteiger partial charge in [0.25, 0.3) is 0 Å². The Morgan fingerprint density at radius 2 is 1.90 bits per heavy atom. The maximum absolute atomic E-state index is 11.1. The van der Waals surface area contributed by atoms with Crippen molar-refractivity contribution in [1.82, 2.24) is 0 Å². The average Bonchev–Trinajstić information content (AvgIpc) is 2.79. The van der Waals surface area contributed by atoms with Gasteiger partial charge in [-0.15, -0.1) is 0 Å². The van der Waals surface area contributed by atoms with Crippen molar-refractivity contribution in [2.24, 2.45) is 0 Å². The number of hydrogen-bond donors (Lipinski definition) is 1. The molecule has 0 saturated carbocycles. The Bertz CT molecular complexity index is 671. The maximum atomic E-state index is 11.1. The second kappa shape index (κ2) is 5.90. The van der Waals surface area contributed by atoms with Crippen molar-refractivity contribution in [2.45, 2.75) is 18.9 Å². The molecule has 1 N–H and O–H groups in total. The van der Waals surface area contributed by atoms with Crippen LogP contribution in [-0.4, -0.2) is 17.6 Å². The molecule has 0 spiro atoms. The number of carboxylic acid groups (broad SMARTS) is 1. The number of anilines is 1. The number of para-hydroxylation sites is 1. The highest BCUT2D eigenvalue weighted by atomic mass is 79.9. The van der Waals surface area contributed by atoms with E-state index in [2.05, 4.69) is 33.0 Å². The number of fused-ring (bicyclic) bond motifs is 1. The molecule has 1 aliphatic heterocycles. The first-order valence-corrected chi connectivity index (χ1v) is 7.73. The van der Waals surface area contributed by atoms with E-state index in [1.807, 2.05) is 36.4 Å². The molecular weight excluding hydrogens is 330 g/mol. The predicted octanol–water partition coefficient (Wildman–Crippen LogP) is 4.03. The molecule has 1 unspecified atom stereocenters. The van der Waals surface area contributed by atoms with E-state index in [1.165, 1.54) is 5.56 Å². The first-order valence-electron chi connectivity index (χ1n) is 6.94. The lowest BCUT2D eigenvalue weighted by molar-refractivity contribution is -0.137. The smallest absolute Gasteiger partial charge is 0.304 e. The lowest BCUT2D eigenvalue weighted by Crippen LogP contribution is -2.22. The van der Waals surface area contributed by atoms with E-state index >= 15 is 0 Å². The van der Waals surface area contributed by atoms with E-state index < -0.39 is 5.97 Å². The summed E-state index contributed by atoms with van der Waals surface area (Å²) in [5.74, 6) is -0.668. The molecule has 21 heavy (non-hydrogen) atoms. The number of nitrogens with zero attached hydrogens (tertiary/aromatic N) is 1. The molecule has 0 aromatic heterocycles. The minimum absolute atomic E-state index is 0.0705. The zero-order chi connectivity index (χ0) is 14.8. The van der Waals surface area contributed by atoms with Gasteiger partial charge in [0.05, 0.1) is 6.42 Å². The van der Waals surface area contributed by atoms with Crippen LogP contribution >= 0.6 is 15.9 Å². The van der Waals surface area contributed by atoms with Crippen LogP contribution in [0.15, 0.2) is 53.0 Å². The Labute approximate surface area is 132 Å². The number of rotatable bonds is 4. The molecule has 0 fully saturated rings. The first kappa shape index (κ1) is 14.1. The molecule has 2 aromatic rings. The van der Waals surface area contributed by atoms with Crippen molar-refractivity contribution < 1.29 is 9.90 Å². The predicted molar refractivity (Wildman–Crippen MR) is 86.6 cm³/mol. The molecule has 0 saturated heterocycles. The summed E-state index contributed by atoms with van der Waals surface area (Å²) in [5, 5.41) is 9.09. The van der Waals surface area contributed by atoms with E-state index in [0.29, 0.717) is 0 Å². The molecule has 0 aliphatic carbocycles. The fourth-order valence-electron chi connectivity index (χ4n) is 2.95. The summed E-state index contributed by atoms with van der Waals surface area (Å²) in [4.78, 5) is 13.3. The molecular formula is C17H16BrNO2. The maximum Gasteiger partial charge on any atom is 0.304 e. The lowest BCUT2D eigenvalue weighted by atomic mass is 9.98. The number of carboxylic acids is 1. The van der Waals surface area contributed by atoms with Crippen LogP contribution in [0.1, 0.15) is 23.5 Å². The molecule has 0 amide bonds. The molecule has 3 nitrogen and oxygen atoms in total. The molecule has 3 rings (SSSR count). The van der Waals surface area contributed by atoms with Gasteiger partial charge in [-0.3, -0.25) is 4.79 Å². The number of carbonyl (C=O) groups is 1. The Morgan fingerprint density at radius 1 is 1.19 bits per heavy atom. The van der Waals surface area contributed by atoms with Gasteiger partial charge in [0.1, 0.15) is 0 Å². The summed E-state index contributed by atoms with van der Waals surface area (Å²) in [6, 6.07) is 16.3. The number of aliphatic carboxylic acids is 1. The van der Waals surface area contributed by atoms with Crippen molar-refractivity contribution in [3.63, 3.8) is 0 Å². The van der Waals surface area contributed by atoms with Gasteiger partial charge in [-0.1, -0.05) is 52.3 Å². The summed E-state index contributed by atoms with van der Waals surface area (Å²) in [7, 11) is 0. The van der Waals surface area contributed by atoms with E-state index in [-0.39, 0.29) is 12.3 Å². The lowest BCUT2D eigenvalue weighted by Gasteiger charge is -2.20. The quantitative estimate of drug-likeness (QED) is 0.909. The largest absolute Gasteiger partial charge is 0.481 e. The Morgan fingerprint density at radius 3 is 2.67 bits per heavy atom. The Hall–Kier alpha value is -1.81. The molecule has 1 aliphatic rings. The number of hydrogen-bond acceptors (Lipinski definition) is 2. The first-order chi connectivity index (χ1) is 10.1. The molecule has 1 heterocycles. The fourth-order valence-corrected chi connectivity index (χ4v) is 3.36. The molecule has 2 aromatic carbocycles. The molecule has 108 valence electrons. The highest BCUT2D eigenvalue weighted by Gasteiger charge is 2.29. The van der Waals surface area contributed by atoms with Crippen molar-refractivity contribution in [2.75, 3.05) is 11.4 Å². The normalized spacial score (nSPS) is 16.8. The second-order valence-corrected chi connectivity index (χ2v) is 6.18. The van der Waals surface area contributed by atoms with Crippen molar-refractivity contribution in [3.05, 3.63) is 64.1 Å². The minimum atomic E-state index is -0.738. The average molecular weight is 346 g/mol. The van der Waals surface area contributed by atoms with Gasteiger partial charge in [-0.05, 0) is 23.3 Å². The van der Waals surface area contributed by atoms with Crippen LogP contribution in [0.4, 0.5) is 5.69 Å². The van der Waals surface area contributed by atoms with E-state index in [0.717, 1.165) is 28.8 Å². The van der Waals surface area contributed by atoms with Gasteiger partial charge in [0.2, 0.25) is 0 Å². The molecule has 0 bridgehead atoms. The second-order valence-electron chi connectivity index (χ2n) is 5.33. The Kier molecular flexibility index (Phi) is 3.97. The third-order valence-electron chi connectivity index (χ3n) is 3.90. The van der Waals surface area contributed by atoms with Gasteiger partial charge in [0.15, 0.2) is 0 Å². The standard InChI is InChI=1S/C17H16BrNO2/c18-15-7-3-1-5-12(15)10-19-11-13(9-17(20)21)14-6-2-4-8-16(14)19/h1-8,13H,9-11H2,(H,20,21). The van der Waals surface area contributed by atoms with Crippen LogP contribution in [0.2, 0.25) is 0 Å². The van der Waals surface area contributed by atoms with Gasteiger partial charge in [-0.2, -0.15) is 0 Å². The van der Waals surface area contributed by atoms with Gasteiger partial charge in [-0.25, -0.2) is 0 Å². The number of benzene rings is 2. The highest BCUT2D eigenvalue weighted by molar-refractivity contribution is 9.10. The van der Waals surface area contributed by atoms with Crippen molar-refractivity contribution in [1.29, 1.82) is 0 Å². The van der Waals surface area contributed by atoms with E-state index in [4.69, 9.17) is 5.11 Å². The summed E-state index contributed by atoms with van der Waals surface area (Å²) < 4.78 is 1.09. The van der Waals surface area contributed by atoms with Crippen LogP contribution in [0.5, 0.6) is 0 Å². The van der Waals surface area contributed by atoms with Gasteiger partial charge in [0, 0.05) is 29.2 Å². The number of halogens is 1. The van der Waals surface area contributed by atoms with E-state index in [9.17, 15) is 4.79 Å².